The Balaban J connectivity index is 1.61. The molecule has 0 radical (unpaired) electrons. The number of morpholine rings is 1. The maximum absolute atomic E-state index is 5.91. The summed E-state index contributed by atoms with van der Waals surface area (Å²) >= 11 is 12.6. The molecule has 0 spiro atoms. The van der Waals surface area contributed by atoms with Crippen molar-refractivity contribution in [2.24, 2.45) is 5.10 Å². The summed E-state index contributed by atoms with van der Waals surface area (Å²) in [6.07, 6.45) is 1.05. The second-order valence-electron chi connectivity index (χ2n) is 4.98. The van der Waals surface area contributed by atoms with Gasteiger partial charge in [-0.05, 0) is 44.2 Å². The molecule has 2 N–H and O–H groups in total. The van der Waals surface area contributed by atoms with Gasteiger partial charge < -0.3 is 10.1 Å². The third kappa shape index (κ3) is 6.18. The van der Waals surface area contributed by atoms with E-state index in [1.807, 2.05) is 19.1 Å². The Morgan fingerprint density at radius 3 is 2.91 bits per heavy atom. The van der Waals surface area contributed by atoms with E-state index in [-0.39, 0.29) is 0 Å². The van der Waals surface area contributed by atoms with Crippen molar-refractivity contribution in [3.8, 4) is 0 Å². The minimum atomic E-state index is 0.545. The van der Waals surface area contributed by atoms with Gasteiger partial charge in [-0.15, -0.1) is 11.3 Å². The summed E-state index contributed by atoms with van der Waals surface area (Å²) in [7, 11) is 0. The van der Waals surface area contributed by atoms with Gasteiger partial charge in [0.05, 0.1) is 28.1 Å². The molecule has 8 heteroatoms. The highest BCUT2D eigenvalue weighted by atomic mass is 35.5. The molecule has 22 heavy (non-hydrogen) atoms. The number of rotatable bonds is 6. The first-order chi connectivity index (χ1) is 10.6. The first-order valence-electron chi connectivity index (χ1n) is 7.29. The highest BCUT2D eigenvalue weighted by molar-refractivity contribution is 7.80. The van der Waals surface area contributed by atoms with E-state index in [1.165, 1.54) is 11.3 Å². The van der Waals surface area contributed by atoms with Gasteiger partial charge in [-0.3, -0.25) is 10.3 Å². The lowest BCUT2D eigenvalue weighted by Crippen LogP contribution is -2.39. The van der Waals surface area contributed by atoms with Crippen molar-refractivity contribution in [1.82, 2.24) is 15.6 Å². The maximum Gasteiger partial charge on any atom is 0.186 e. The summed E-state index contributed by atoms with van der Waals surface area (Å²) in [6, 6.07) is 3.81. The summed E-state index contributed by atoms with van der Waals surface area (Å²) in [5.74, 6) is 0. The van der Waals surface area contributed by atoms with Crippen molar-refractivity contribution in [2.45, 2.75) is 13.3 Å². The Morgan fingerprint density at radius 1 is 1.45 bits per heavy atom. The summed E-state index contributed by atoms with van der Waals surface area (Å²) < 4.78 is 6.08. The average Bonchev–Trinajstić information content (AvgIpc) is 2.97. The van der Waals surface area contributed by atoms with Crippen LogP contribution < -0.4 is 10.7 Å². The average molecular weight is 361 g/mol. The van der Waals surface area contributed by atoms with Crippen molar-refractivity contribution in [3.05, 3.63) is 21.3 Å². The van der Waals surface area contributed by atoms with Gasteiger partial charge in [0, 0.05) is 19.6 Å². The van der Waals surface area contributed by atoms with E-state index in [4.69, 9.17) is 28.6 Å². The molecule has 122 valence electrons. The number of hydrazone groups is 1. The van der Waals surface area contributed by atoms with Crippen molar-refractivity contribution in [1.29, 1.82) is 0 Å². The van der Waals surface area contributed by atoms with Gasteiger partial charge in [0.15, 0.2) is 5.11 Å². The maximum atomic E-state index is 5.91. The molecule has 1 aliphatic heterocycles. The van der Waals surface area contributed by atoms with Gasteiger partial charge in [-0.1, -0.05) is 11.6 Å². The van der Waals surface area contributed by atoms with Crippen molar-refractivity contribution in [3.63, 3.8) is 0 Å². The standard InChI is InChI=1S/C14H21ClN4OS2/c1-11(12-3-4-13(15)22-12)17-18-14(21)16-5-2-6-19-7-9-20-10-8-19/h3-4H,2,5-10H2,1H3,(H2,16,18,21)/b17-11-. The first-order valence-corrected chi connectivity index (χ1v) is 8.89. The molecular weight excluding hydrogens is 340 g/mol. The Morgan fingerprint density at radius 2 is 2.23 bits per heavy atom. The normalized spacial score (nSPS) is 16.5. The fourth-order valence-electron chi connectivity index (χ4n) is 2.07. The fraction of sp³-hybridized carbons (Fsp3) is 0.571. The van der Waals surface area contributed by atoms with Crippen LogP contribution in [0.25, 0.3) is 0 Å². The molecular formula is C14H21ClN4OS2. The van der Waals surface area contributed by atoms with Crippen LogP contribution in [0.4, 0.5) is 0 Å². The van der Waals surface area contributed by atoms with Crippen LogP contribution >= 0.6 is 35.2 Å². The molecule has 5 nitrogen and oxygen atoms in total. The van der Waals surface area contributed by atoms with E-state index < -0.39 is 0 Å². The molecule has 2 heterocycles. The molecule has 0 saturated carbocycles. The molecule has 0 atom stereocenters. The van der Waals surface area contributed by atoms with E-state index in [2.05, 4.69) is 20.7 Å². The van der Waals surface area contributed by atoms with Crippen LogP contribution in [-0.2, 0) is 4.74 Å². The molecule has 0 bridgehead atoms. The minimum absolute atomic E-state index is 0.545. The van der Waals surface area contributed by atoms with Crippen LogP contribution in [0.1, 0.15) is 18.2 Å². The Bertz CT molecular complexity index is 515. The van der Waals surface area contributed by atoms with E-state index in [0.29, 0.717) is 5.11 Å². The molecule has 1 fully saturated rings. The Kier molecular flexibility index (Phi) is 7.54. The molecule has 0 unspecified atom stereocenters. The molecule has 1 aromatic rings. The van der Waals surface area contributed by atoms with Crippen molar-refractivity contribution in [2.75, 3.05) is 39.4 Å². The van der Waals surface area contributed by atoms with Gasteiger partial charge >= 0.3 is 0 Å². The number of nitrogens with zero attached hydrogens (tertiary/aromatic N) is 2. The highest BCUT2D eigenvalue weighted by Crippen LogP contribution is 2.21. The quantitative estimate of drug-likeness (QED) is 0.353. The zero-order chi connectivity index (χ0) is 15.8. The molecule has 0 aromatic carbocycles. The predicted octanol–water partition coefficient (Wildman–Crippen LogP) is 2.31. The number of halogens is 1. The topological polar surface area (TPSA) is 48.9 Å². The SMILES string of the molecule is C/C(=N/NC(=S)NCCCN1CCOCC1)c1ccc(Cl)s1. The predicted molar refractivity (Wildman–Crippen MR) is 97.2 cm³/mol. The molecule has 1 aromatic heterocycles. The van der Waals surface area contributed by atoms with E-state index >= 15 is 0 Å². The molecule has 0 amide bonds. The first kappa shape index (κ1) is 17.6. The van der Waals surface area contributed by atoms with Crippen LogP contribution in [0.5, 0.6) is 0 Å². The second kappa shape index (κ2) is 9.42. The Labute approximate surface area is 145 Å². The van der Waals surface area contributed by atoms with Crippen molar-refractivity contribution < 1.29 is 4.74 Å². The lowest BCUT2D eigenvalue weighted by atomic mass is 10.3. The van der Waals surface area contributed by atoms with E-state index in [0.717, 1.165) is 60.7 Å². The summed E-state index contributed by atoms with van der Waals surface area (Å²) in [5.41, 5.74) is 3.74. The third-order valence-corrected chi connectivity index (χ3v) is 4.87. The zero-order valence-electron chi connectivity index (χ0n) is 12.6. The summed E-state index contributed by atoms with van der Waals surface area (Å²) in [5, 5.41) is 7.98. The fourth-order valence-corrected chi connectivity index (χ4v) is 3.20. The Hall–Kier alpha value is -0.730. The van der Waals surface area contributed by atoms with Crippen molar-refractivity contribution >= 4 is 46.0 Å². The highest BCUT2D eigenvalue weighted by Gasteiger charge is 2.09. The summed E-state index contributed by atoms with van der Waals surface area (Å²) in [6.45, 7) is 7.56. The van der Waals surface area contributed by atoms with Crippen LogP contribution in [0, 0.1) is 0 Å². The zero-order valence-corrected chi connectivity index (χ0v) is 15.0. The smallest absolute Gasteiger partial charge is 0.186 e. The summed E-state index contributed by atoms with van der Waals surface area (Å²) in [4.78, 5) is 3.44. The van der Waals surface area contributed by atoms with Gasteiger partial charge in [-0.25, -0.2) is 0 Å². The molecule has 2 rings (SSSR count). The van der Waals surface area contributed by atoms with Crippen LogP contribution in [0.2, 0.25) is 4.34 Å². The van der Waals surface area contributed by atoms with Gasteiger partial charge in [0.2, 0.25) is 0 Å². The van der Waals surface area contributed by atoms with Crippen LogP contribution in [0.3, 0.4) is 0 Å². The number of thiophene rings is 1. The van der Waals surface area contributed by atoms with Gasteiger partial charge in [-0.2, -0.15) is 5.10 Å². The second-order valence-corrected chi connectivity index (χ2v) is 7.10. The molecule has 0 aliphatic carbocycles. The largest absolute Gasteiger partial charge is 0.379 e. The third-order valence-electron chi connectivity index (χ3n) is 3.30. The number of ether oxygens (including phenoxy) is 1. The number of hydrogen-bond donors (Lipinski definition) is 2. The number of hydrogen-bond acceptors (Lipinski definition) is 5. The molecule has 1 saturated heterocycles. The van der Waals surface area contributed by atoms with E-state index in [9.17, 15) is 0 Å². The van der Waals surface area contributed by atoms with Gasteiger partial charge in [0.25, 0.3) is 0 Å². The van der Waals surface area contributed by atoms with Gasteiger partial charge in [0.1, 0.15) is 0 Å². The minimum Gasteiger partial charge on any atom is -0.379 e. The monoisotopic (exact) mass is 360 g/mol. The number of nitrogens with one attached hydrogen (secondary N) is 2. The lowest BCUT2D eigenvalue weighted by Gasteiger charge is -2.26. The number of thiocarbonyl (C=S) groups is 1. The van der Waals surface area contributed by atoms with E-state index in [1.54, 1.807) is 0 Å². The molecule has 1 aliphatic rings. The van der Waals surface area contributed by atoms with Crippen LogP contribution in [0.15, 0.2) is 17.2 Å². The van der Waals surface area contributed by atoms with Crippen LogP contribution in [-0.4, -0.2) is 55.1 Å². The lowest BCUT2D eigenvalue weighted by molar-refractivity contribution is 0.0376.